The van der Waals surface area contributed by atoms with E-state index < -0.39 is 17.7 Å². The van der Waals surface area contributed by atoms with Gasteiger partial charge in [0.2, 0.25) is 5.82 Å². The van der Waals surface area contributed by atoms with Crippen molar-refractivity contribution in [2.24, 2.45) is 0 Å². The molecule has 2 rings (SSSR count). The molecule has 6 nitrogen and oxygen atoms in total. The molecular weight excluding hydrogens is 272 g/mol. The molecular formula is C15H14N2O4. The first-order chi connectivity index (χ1) is 10.0. The van der Waals surface area contributed by atoms with Crippen LogP contribution in [0, 0.1) is 0 Å². The van der Waals surface area contributed by atoms with Gasteiger partial charge in [-0.15, -0.1) is 0 Å². The molecule has 0 bridgehead atoms. The molecule has 0 amide bonds. The van der Waals surface area contributed by atoms with Crippen LogP contribution in [0.5, 0.6) is 0 Å². The Balaban J connectivity index is 2.64. The summed E-state index contributed by atoms with van der Waals surface area (Å²) in [7, 11) is 0. The monoisotopic (exact) mass is 286 g/mol. The molecule has 1 aromatic heterocycles. The van der Waals surface area contributed by atoms with Crippen LogP contribution >= 0.6 is 0 Å². The van der Waals surface area contributed by atoms with Gasteiger partial charge in [0.15, 0.2) is 0 Å². The standard InChI is InChI=1S/C15H14N2O4/c1-11(18)20-15(21-12(2)19,13-7-4-3-5-8-13)14-16-9-6-10-17-14/h3-10H,1-2H3. The summed E-state index contributed by atoms with van der Waals surface area (Å²) in [5, 5.41) is 0. The number of carbonyl (C=O) groups excluding carboxylic acids is 2. The van der Waals surface area contributed by atoms with Gasteiger partial charge in [0.25, 0.3) is 0 Å². The van der Waals surface area contributed by atoms with Crippen molar-refractivity contribution >= 4 is 11.9 Å². The number of esters is 2. The molecule has 0 aliphatic carbocycles. The Bertz CT molecular complexity index is 571. The fraction of sp³-hybridized carbons (Fsp3) is 0.200. The van der Waals surface area contributed by atoms with Crippen LogP contribution in [-0.2, 0) is 24.8 Å². The van der Waals surface area contributed by atoms with Crippen molar-refractivity contribution < 1.29 is 19.1 Å². The van der Waals surface area contributed by atoms with E-state index in [2.05, 4.69) is 9.97 Å². The number of ether oxygens (including phenoxy) is 2. The molecule has 0 aliphatic rings. The van der Waals surface area contributed by atoms with Gasteiger partial charge in [-0.2, -0.15) is 0 Å². The number of hydrogen-bond acceptors (Lipinski definition) is 6. The largest absolute Gasteiger partial charge is 0.411 e. The molecule has 0 atom stereocenters. The average Bonchev–Trinajstić information content (AvgIpc) is 2.47. The van der Waals surface area contributed by atoms with Gasteiger partial charge < -0.3 is 9.47 Å². The summed E-state index contributed by atoms with van der Waals surface area (Å²) in [4.78, 5) is 31.2. The van der Waals surface area contributed by atoms with Crippen molar-refractivity contribution in [1.82, 2.24) is 9.97 Å². The first-order valence-corrected chi connectivity index (χ1v) is 6.27. The Labute approximate surface area is 121 Å². The van der Waals surface area contributed by atoms with E-state index in [0.29, 0.717) is 5.56 Å². The summed E-state index contributed by atoms with van der Waals surface area (Å²) in [6.45, 7) is 2.45. The lowest BCUT2D eigenvalue weighted by Gasteiger charge is -2.30. The van der Waals surface area contributed by atoms with E-state index >= 15 is 0 Å². The van der Waals surface area contributed by atoms with Crippen LogP contribution < -0.4 is 0 Å². The zero-order valence-electron chi connectivity index (χ0n) is 11.6. The molecule has 1 heterocycles. The van der Waals surface area contributed by atoms with E-state index in [0.717, 1.165) is 0 Å². The quantitative estimate of drug-likeness (QED) is 0.630. The van der Waals surface area contributed by atoms with Gasteiger partial charge in [-0.3, -0.25) is 9.59 Å². The second-order valence-electron chi connectivity index (χ2n) is 4.24. The van der Waals surface area contributed by atoms with Crippen molar-refractivity contribution in [1.29, 1.82) is 0 Å². The SMILES string of the molecule is CC(=O)OC(OC(C)=O)(c1ccccc1)c1ncccn1. The number of aromatic nitrogens is 2. The Kier molecular flexibility index (Phi) is 4.27. The van der Waals surface area contributed by atoms with Crippen LogP contribution in [0.25, 0.3) is 0 Å². The average molecular weight is 286 g/mol. The third-order valence-corrected chi connectivity index (χ3v) is 2.59. The summed E-state index contributed by atoms with van der Waals surface area (Å²) in [5.41, 5.74) is 0.446. The molecule has 0 unspecified atom stereocenters. The molecule has 1 aromatic carbocycles. The maximum atomic E-state index is 11.5. The van der Waals surface area contributed by atoms with Gasteiger partial charge in [-0.05, 0) is 6.07 Å². The van der Waals surface area contributed by atoms with Crippen LogP contribution in [0.15, 0.2) is 48.8 Å². The summed E-state index contributed by atoms with van der Waals surface area (Å²) in [5.74, 6) is -2.96. The normalized spacial score (nSPS) is 10.8. The van der Waals surface area contributed by atoms with E-state index in [9.17, 15) is 9.59 Å². The first kappa shape index (κ1) is 14.6. The molecule has 0 aliphatic heterocycles. The van der Waals surface area contributed by atoms with Gasteiger partial charge in [0.05, 0.1) is 0 Å². The van der Waals surface area contributed by atoms with E-state index in [-0.39, 0.29) is 5.82 Å². The smallest absolute Gasteiger partial charge is 0.345 e. The van der Waals surface area contributed by atoms with Gasteiger partial charge in [0, 0.05) is 31.8 Å². The number of rotatable bonds is 4. The highest BCUT2D eigenvalue weighted by Crippen LogP contribution is 2.33. The number of benzene rings is 1. The predicted octanol–water partition coefficient (Wildman–Crippen LogP) is 1.80. The topological polar surface area (TPSA) is 78.4 Å². The number of carbonyl (C=O) groups is 2. The predicted molar refractivity (Wildman–Crippen MR) is 72.8 cm³/mol. The van der Waals surface area contributed by atoms with Gasteiger partial charge in [0.1, 0.15) is 0 Å². The van der Waals surface area contributed by atoms with Gasteiger partial charge >= 0.3 is 17.7 Å². The summed E-state index contributed by atoms with van der Waals surface area (Å²) in [6.07, 6.45) is 2.96. The first-order valence-electron chi connectivity index (χ1n) is 6.27. The van der Waals surface area contributed by atoms with Crippen LogP contribution in [0.1, 0.15) is 25.2 Å². The Morgan fingerprint density at radius 1 is 0.905 bits per heavy atom. The summed E-state index contributed by atoms with van der Waals surface area (Å²) < 4.78 is 10.6. The fourth-order valence-corrected chi connectivity index (χ4v) is 1.89. The van der Waals surface area contributed by atoms with Crippen molar-refractivity contribution in [2.45, 2.75) is 19.6 Å². The minimum Gasteiger partial charge on any atom is -0.411 e. The van der Waals surface area contributed by atoms with E-state index in [1.54, 1.807) is 36.4 Å². The third-order valence-electron chi connectivity index (χ3n) is 2.59. The minimum atomic E-state index is -1.79. The second kappa shape index (κ2) is 6.13. The van der Waals surface area contributed by atoms with Crippen molar-refractivity contribution in [3.05, 3.63) is 60.2 Å². The molecule has 108 valence electrons. The van der Waals surface area contributed by atoms with Crippen LogP contribution in [0.3, 0.4) is 0 Å². The van der Waals surface area contributed by atoms with E-state index in [1.165, 1.54) is 26.2 Å². The maximum Gasteiger partial charge on any atom is 0.345 e. The molecule has 0 spiro atoms. The van der Waals surface area contributed by atoms with Crippen molar-refractivity contribution in [2.75, 3.05) is 0 Å². The van der Waals surface area contributed by atoms with Crippen LogP contribution in [0.2, 0.25) is 0 Å². The van der Waals surface area contributed by atoms with Crippen molar-refractivity contribution in [3.63, 3.8) is 0 Å². The molecule has 0 N–H and O–H groups in total. The van der Waals surface area contributed by atoms with E-state index in [1.807, 2.05) is 0 Å². The molecule has 0 fully saturated rings. The molecule has 0 radical (unpaired) electrons. The Hall–Kier alpha value is -2.76. The Morgan fingerprint density at radius 3 is 1.90 bits per heavy atom. The molecule has 0 saturated heterocycles. The molecule has 21 heavy (non-hydrogen) atoms. The third kappa shape index (κ3) is 3.22. The highest BCUT2D eigenvalue weighted by molar-refractivity contribution is 5.70. The zero-order valence-corrected chi connectivity index (χ0v) is 11.6. The lowest BCUT2D eigenvalue weighted by atomic mass is 10.0. The molecule has 6 heteroatoms. The zero-order chi connectivity index (χ0) is 15.3. The number of hydrogen-bond donors (Lipinski definition) is 0. The summed E-state index contributed by atoms with van der Waals surface area (Å²) in [6, 6.07) is 10.2. The van der Waals surface area contributed by atoms with Gasteiger partial charge in [-0.1, -0.05) is 30.3 Å². The van der Waals surface area contributed by atoms with E-state index in [4.69, 9.17) is 9.47 Å². The molecule has 2 aromatic rings. The number of nitrogens with zero attached hydrogens (tertiary/aromatic N) is 2. The highest BCUT2D eigenvalue weighted by atomic mass is 16.7. The minimum absolute atomic E-state index is 0.0709. The summed E-state index contributed by atoms with van der Waals surface area (Å²) >= 11 is 0. The lowest BCUT2D eigenvalue weighted by Crippen LogP contribution is -2.39. The van der Waals surface area contributed by atoms with Crippen molar-refractivity contribution in [3.8, 4) is 0 Å². The fourth-order valence-electron chi connectivity index (χ4n) is 1.89. The highest BCUT2D eigenvalue weighted by Gasteiger charge is 2.44. The lowest BCUT2D eigenvalue weighted by molar-refractivity contribution is -0.218. The maximum absolute atomic E-state index is 11.5. The second-order valence-corrected chi connectivity index (χ2v) is 4.24. The molecule has 0 saturated carbocycles. The Morgan fingerprint density at radius 2 is 1.43 bits per heavy atom. The van der Waals surface area contributed by atoms with Crippen LogP contribution in [-0.4, -0.2) is 21.9 Å². The van der Waals surface area contributed by atoms with Crippen LogP contribution in [0.4, 0.5) is 0 Å². The van der Waals surface area contributed by atoms with Gasteiger partial charge in [-0.25, -0.2) is 9.97 Å².